The van der Waals surface area contributed by atoms with E-state index in [9.17, 15) is 0 Å². The van der Waals surface area contributed by atoms with Crippen LogP contribution in [-0.4, -0.2) is 18.8 Å². The molecule has 0 bridgehead atoms. The third-order valence-corrected chi connectivity index (χ3v) is 6.99. The van der Waals surface area contributed by atoms with Crippen molar-refractivity contribution in [3.8, 4) is 11.4 Å². The van der Waals surface area contributed by atoms with Gasteiger partial charge < -0.3 is 0 Å². The maximum atomic E-state index is 4.92. The van der Waals surface area contributed by atoms with E-state index in [1.54, 1.807) is 0 Å². The molecule has 4 heterocycles. The van der Waals surface area contributed by atoms with Crippen molar-refractivity contribution < 1.29 is 0 Å². The molecule has 158 valence electrons. The highest BCUT2D eigenvalue weighted by atomic mass is 15.1. The Labute approximate surface area is 194 Å². The minimum absolute atomic E-state index is 0.962. The first-order valence-corrected chi connectivity index (χ1v) is 11.4. The molecule has 8 rings (SSSR count). The lowest BCUT2D eigenvalue weighted by Crippen LogP contribution is -1.97. The number of hydrogen-bond acceptors (Lipinski definition) is 2. The zero-order chi connectivity index (χ0) is 22.2. The van der Waals surface area contributed by atoms with Crippen LogP contribution in [0.3, 0.4) is 0 Å². The number of nitrogens with zero attached hydrogens (tertiary/aromatic N) is 4. The summed E-state index contributed by atoms with van der Waals surface area (Å²) in [5.74, 6) is 0. The standard InChI is InChI=1S/C30H18N4/c1-3-13-23-19(9-1)21-11-5-7-15-25(21)33-27(17-31-29(23)33)28-18-32-30-24-14-4-2-10-20(24)22-12-6-8-16-26(22)34(28)30/h1-18H. The van der Waals surface area contributed by atoms with Crippen LogP contribution in [0.15, 0.2) is 109 Å². The van der Waals surface area contributed by atoms with Crippen LogP contribution in [0.5, 0.6) is 0 Å². The van der Waals surface area contributed by atoms with E-state index in [4.69, 9.17) is 9.97 Å². The smallest absolute Gasteiger partial charge is 0.145 e. The van der Waals surface area contributed by atoms with Gasteiger partial charge in [-0.15, -0.1) is 0 Å². The predicted molar refractivity (Wildman–Crippen MR) is 139 cm³/mol. The average molecular weight is 435 g/mol. The molecule has 0 radical (unpaired) electrons. The normalized spacial score (nSPS) is 12.1. The van der Waals surface area contributed by atoms with Gasteiger partial charge in [-0.3, -0.25) is 8.80 Å². The lowest BCUT2D eigenvalue weighted by molar-refractivity contribution is 1.21. The van der Waals surface area contributed by atoms with E-state index in [1.807, 2.05) is 12.4 Å². The van der Waals surface area contributed by atoms with Crippen molar-refractivity contribution in [1.29, 1.82) is 0 Å². The van der Waals surface area contributed by atoms with Gasteiger partial charge in [0.1, 0.15) is 11.3 Å². The van der Waals surface area contributed by atoms with Crippen molar-refractivity contribution in [2.75, 3.05) is 0 Å². The van der Waals surface area contributed by atoms with Crippen LogP contribution in [0, 0.1) is 0 Å². The second-order valence-corrected chi connectivity index (χ2v) is 8.73. The van der Waals surface area contributed by atoms with Crippen LogP contribution >= 0.6 is 0 Å². The van der Waals surface area contributed by atoms with Gasteiger partial charge in [-0.25, -0.2) is 9.97 Å². The Morgan fingerprint density at radius 1 is 0.382 bits per heavy atom. The van der Waals surface area contributed by atoms with Crippen LogP contribution in [0.1, 0.15) is 0 Å². The fourth-order valence-electron chi connectivity index (χ4n) is 5.55. The highest BCUT2D eigenvalue weighted by molar-refractivity contribution is 6.14. The Kier molecular flexibility index (Phi) is 3.36. The quantitative estimate of drug-likeness (QED) is 0.255. The largest absolute Gasteiger partial charge is 0.290 e. The molecule has 0 atom stereocenters. The summed E-state index contributed by atoms with van der Waals surface area (Å²) in [6.07, 6.45) is 3.98. The molecule has 4 nitrogen and oxygen atoms in total. The number of aromatic nitrogens is 4. The van der Waals surface area contributed by atoms with E-state index >= 15 is 0 Å². The van der Waals surface area contributed by atoms with Gasteiger partial charge in [0.2, 0.25) is 0 Å². The molecule has 0 unspecified atom stereocenters. The van der Waals surface area contributed by atoms with Gasteiger partial charge in [0, 0.05) is 21.5 Å². The molecule has 4 heteroatoms. The van der Waals surface area contributed by atoms with Gasteiger partial charge in [-0.1, -0.05) is 84.9 Å². The molecule has 0 saturated heterocycles. The van der Waals surface area contributed by atoms with Crippen molar-refractivity contribution in [3.05, 3.63) is 109 Å². The lowest BCUT2D eigenvalue weighted by atomic mass is 10.1. The second kappa shape index (κ2) is 6.42. The number of para-hydroxylation sites is 2. The van der Waals surface area contributed by atoms with E-state index in [1.165, 1.54) is 21.5 Å². The van der Waals surface area contributed by atoms with Crippen molar-refractivity contribution in [2.45, 2.75) is 0 Å². The molecule has 0 spiro atoms. The molecule has 34 heavy (non-hydrogen) atoms. The number of pyridine rings is 2. The molecular formula is C30H18N4. The van der Waals surface area contributed by atoms with E-state index in [0.29, 0.717) is 0 Å². The van der Waals surface area contributed by atoms with E-state index in [-0.39, 0.29) is 0 Å². The Morgan fingerprint density at radius 3 is 1.18 bits per heavy atom. The maximum absolute atomic E-state index is 4.92. The second-order valence-electron chi connectivity index (χ2n) is 8.73. The summed E-state index contributed by atoms with van der Waals surface area (Å²) in [4.78, 5) is 9.85. The molecule has 0 amide bonds. The van der Waals surface area contributed by atoms with E-state index < -0.39 is 0 Å². The van der Waals surface area contributed by atoms with E-state index in [0.717, 1.165) is 44.5 Å². The van der Waals surface area contributed by atoms with Gasteiger partial charge >= 0.3 is 0 Å². The van der Waals surface area contributed by atoms with Crippen molar-refractivity contribution in [3.63, 3.8) is 0 Å². The topological polar surface area (TPSA) is 34.6 Å². The fourth-order valence-corrected chi connectivity index (χ4v) is 5.55. The third-order valence-electron chi connectivity index (χ3n) is 6.99. The first kappa shape index (κ1) is 17.8. The first-order chi connectivity index (χ1) is 16.9. The molecular weight excluding hydrogens is 416 g/mol. The number of imidazole rings is 2. The van der Waals surface area contributed by atoms with Crippen LogP contribution in [0.2, 0.25) is 0 Å². The van der Waals surface area contributed by atoms with Crippen LogP contribution in [0.4, 0.5) is 0 Å². The maximum Gasteiger partial charge on any atom is 0.145 e. The van der Waals surface area contributed by atoms with Crippen molar-refractivity contribution in [1.82, 2.24) is 18.8 Å². The third kappa shape index (κ3) is 2.17. The summed E-state index contributed by atoms with van der Waals surface area (Å²) < 4.78 is 4.57. The number of fused-ring (bicyclic) bond motifs is 12. The Morgan fingerprint density at radius 2 is 0.735 bits per heavy atom. The summed E-state index contributed by atoms with van der Waals surface area (Å²) >= 11 is 0. The molecule has 4 aromatic carbocycles. The highest BCUT2D eigenvalue weighted by Gasteiger charge is 2.19. The Hall–Kier alpha value is -4.70. The summed E-state index contributed by atoms with van der Waals surface area (Å²) in [6, 6.07) is 34.2. The highest BCUT2D eigenvalue weighted by Crippen LogP contribution is 2.36. The number of hydrogen-bond donors (Lipinski definition) is 0. The lowest BCUT2D eigenvalue weighted by Gasteiger charge is -2.12. The summed E-state index contributed by atoms with van der Waals surface area (Å²) in [5, 5.41) is 7.17. The summed E-state index contributed by atoms with van der Waals surface area (Å²) in [6.45, 7) is 0. The van der Waals surface area contributed by atoms with Gasteiger partial charge in [-0.05, 0) is 22.9 Å². The fraction of sp³-hybridized carbons (Fsp3) is 0. The SMILES string of the molecule is c1ccc2c(c1)c1ccccc1n1c(-c3cnc4c5ccccc5c5ccccc5n34)cnc21. The first-order valence-electron chi connectivity index (χ1n) is 11.4. The van der Waals surface area contributed by atoms with Gasteiger partial charge in [0.15, 0.2) is 0 Å². The van der Waals surface area contributed by atoms with Crippen molar-refractivity contribution in [2.24, 2.45) is 0 Å². The monoisotopic (exact) mass is 434 g/mol. The van der Waals surface area contributed by atoms with E-state index in [2.05, 4.69) is 106 Å². The van der Waals surface area contributed by atoms with Crippen LogP contribution in [0.25, 0.3) is 66.0 Å². The van der Waals surface area contributed by atoms with Crippen LogP contribution < -0.4 is 0 Å². The molecule has 0 fully saturated rings. The molecule has 0 N–H and O–H groups in total. The molecule has 0 aliphatic rings. The predicted octanol–water partition coefficient (Wildman–Crippen LogP) is 7.26. The minimum Gasteiger partial charge on any atom is -0.290 e. The number of rotatable bonds is 1. The molecule has 0 saturated carbocycles. The Bertz CT molecular complexity index is 1930. The molecule has 0 aliphatic carbocycles. The molecule has 4 aromatic heterocycles. The molecule has 8 aromatic rings. The van der Waals surface area contributed by atoms with Gasteiger partial charge in [0.25, 0.3) is 0 Å². The summed E-state index contributed by atoms with van der Waals surface area (Å²) in [7, 11) is 0. The Balaban J connectivity index is 1.60. The number of benzene rings is 4. The zero-order valence-electron chi connectivity index (χ0n) is 18.2. The van der Waals surface area contributed by atoms with Crippen LogP contribution in [-0.2, 0) is 0 Å². The van der Waals surface area contributed by atoms with Gasteiger partial charge in [-0.2, -0.15) is 0 Å². The van der Waals surface area contributed by atoms with Gasteiger partial charge in [0.05, 0.1) is 34.8 Å². The molecule has 0 aliphatic heterocycles. The minimum atomic E-state index is 0.962. The summed E-state index contributed by atoms with van der Waals surface area (Å²) in [5.41, 5.74) is 6.27. The van der Waals surface area contributed by atoms with Crippen molar-refractivity contribution >= 4 is 54.6 Å². The average Bonchev–Trinajstić information content (AvgIpc) is 3.54. The zero-order valence-corrected chi connectivity index (χ0v) is 18.2.